The summed E-state index contributed by atoms with van der Waals surface area (Å²) in [5.74, 6) is -0.126. The first-order valence-corrected chi connectivity index (χ1v) is 3.80. The normalized spacial score (nSPS) is 12.5. The summed E-state index contributed by atoms with van der Waals surface area (Å²) in [6.07, 6.45) is 4.73. The highest BCUT2D eigenvalue weighted by Crippen LogP contribution is 2.09. The van der Waals surface area contributed by atoms with Crippen LogP contribution in [0, 0.1) is 5.92 Å². The maximum absolute atomic E-state index is 11.5. The van der Waals surface area contributed by atoms with Gasteiger partial charge in [-0.1, -0.05) is 12.2 Å². The second kappa shape index (κ2) is 3.34. The Hall–Kier alpha value is -1.38. The summed E-state index contributed by atoms with van der Waals surface area (Å²) >= 11 is 0. The van der Waals surface area contributed by atoms with E-state index in [1.54, 1.807) is 12.4 Å². The second-order valence-electron chi connectivity index (χ2n) is 2.88. The average Bonchev–Trinajstić information content (AvgIpc) is 2.53. The summed E-state index contributed by atoms with van der Waals surface area (Å²) in [6.45, 7) is 7.42. The van der Waals surface area contributed by atoms with Crippen molar-refractivity contribution in [2.24, 2.45) is 5.92 Å². The Morgan fingerprint density at radius 3 is 2.75 bits per heavy atom. The maximum atomic E-state index is 11.5. The molecule has 0 fully saturated rings. The van der Waals surface area contributed by atoms with Crippen LogP contribution in [0.5, 0.6) is 0 Å². The van der Waals surface area contributed by atoms with Crippen LogP contribution in [0.1, 0.15) is 18.6 Å². The Morgan fingerprint density at radius 1 is 1.67 bits per heavy atom. The zero-order valence-electron chi connectivity index (χ0n) is 7.32. The van der Waals surface area contributed by atoms with Gasteiger partial charge in [0.2, 0.25) is 5.91 Å². The van der Waals surface area contributed by atoms with Crippen molar-refractivity contribution in [2.45, 2.75) is 13.8 Å². The molecule has 3 heteroatoms. The van der Waals surface area contributed by atoms with E-state index in [1.807, 2.05) is 13.8 Å². The van der Waals surface area contributed by atoms with E-state index in [0.717, 1.165) is 5.57 Å². The van der Waals surface area contributed by atoms with Crippen LogP contribution in [0.2, 0.25) is 0 Å². The molecule has 0 radical (unpaired) electrons. The highest BCUT2D eigenvalue weighted by molar-refractivity contribution is 5.83. The molecule has 1 rings (SSSR count). The van der Waals surface area contributed by atoms with Crippen LogP contribution in [0.25, 0.3) is 0 Å². The predicted molar refractivity (Wildman–Crippen MR) is 46.8 cm³/mol. The molecular weight excluding hydrogens is 152 g/mol. The van der Waals surface area contributed by atoms with Crippen LogP contribution in [-0.4, -0.2) is 15.5 Å². The maximum Gasteiger partial charge on any atom is 0.238 e. The Kier molecular flexibility index (Phi) is 2.43. The third-order valence-corrected chi connectivity index (χ3v) is 1.87. The molecule has 0 aromatic carbocycles. The van der Waals surface area contributed by atoms with Gasteiger partial charge >= 0.3 is 0 Å². The summed E-state index contributed by atoms with van der Waals surface area (Å²) in [5.41, 5.74) is 0.869. The Balaban J connectivity index is 2.79. The molecule has 0 spiro atoms. The summed E-state index contributed by atoms with van der Waals surface area (Å²) in [7, 11) is 0. The van der Waals surface area contributed by atoms with E-state index in [4.69, 9.17) is 0 Å². The number of hydrogen-bond acceptors (Lipinski definition) is 2. The molecular formula is C9H12N2O. The van der Waals surface area contributed by atoms with E-state index in [0.29, 0.717) is 0 Å². The van der Waals surface area contributed by atoms with E-state index in [1.165, 1.54) is 10.9 Å². The molecule has 0 saturated carbocycles. The van der Waals surface area contributed by atoms with Crippen molar-refractivity contribution in [3.63, 3.8) is 0 Å². The lowest BCUT2D eigenvalue weighted by Gasteiger charge is -2.09. The van der Waals surface area contributed by atoms with Crippen LogP contribution < -0.4 is 0 Å². The van der Waals surface area contributed by atoms with Crippen LogP contribution in [0.15, 0.2) is 30.9 Å². The molecule has 0 aliphatic carbocycles. The molecule has 64 valence electrons. The van der Waals surface area contributed by atoms with Gasteiger partial charge in [0.25, 0.3) is 0 Å². The first-order chi connectivity index (χ1) is 5.63. The zero-order chi connectivity index (χ0) is 9.14. The van der Waals surface area contributed by atoms with Gasteiger partial charge in [0.05, 0.1) is 5.92 Å². The minimum Gasteiger partial charge on any atom is -0.276 e. The fourth-order valence-electron chi connectivity index (χ4n) is 0.824. The van der Waals surface area contributed by atoms with E-state index < -0.39 is 0 Å². The Labute approximate surface area is 71.7 Å². The topological polar surface area (TPSA) is 34.9 Å². The third-order valence-electron chi connectivity index (χ3n) is 1.87. The van der Waals surface area contributed by atoms with Crippen molar-refractivity contribution in [2.75, 3.05) is 0 Å². The van der Waals surface area contributed by atoms with Gasteiger partial charge in [-0.3, -0.25) is 9.36 Å². The Bertz CT molecular complexity index is 287. The highest BCUT2D eigenvalue weighted by atomic mass is 16.2. The van der Waals surface area contributed by atoms with E-state index in [-0.39, 0.29) is 11.8 Å². The quantitative estimate of drug-likeness (QED) is 0.624. The molecule has 0 aliphatic rings. The van der Waals surface area contributed by atoms with Crippen LogP contribution in [-0.2, 0) is 0 Å². The molecule has 1 unspecified atom stereocenters. The van der Waals surface area contributed by atoms with Crippen molar-refractivity contribution < 1.29 is 4.79 Å². The van der Waals surface area contributed by atoms with Crippen molar-refractivity contribution in [3.8, 4) is 0 Å². The van der Waals surface area contributed by atoms with Gasteiger partial charge in [0, 0.05) is 12.4 Å². The van der Waals surface area contributed by atoms with Gasteiger partial charge in [-0.15, -0.1) is 0 Å². The average molecular weight is 164 g/mol. The van der Waals surface area contributed by atoms with E-state index in [9.17, 15) is 4.79 Å². The van der Waals surface area contributed by atoms with Gasteiger partial charge in [-0.25, -0.2) is 4.98 Å². The molecule has 0 amide bonds. The number of hydrogen-bond donors (Lipinski definition) is 0. The summed E-state index contributed by atoms with van der Waals surface area (Å²) in [4.78, 5) is 15.3. The van der Waals surface area contributed by atoms with Crippen LogP contribution >= 0.6 is 0 Å². The third kappa shape index (κ3) is 1.61. The van der Waals surface area contributed by atoms with Gasteiger partial charge in [-0.2, -0.15) is 0 Å². The largest absolute Gasteiger partial charge is 0.276 e. The lowest BCUT2D eigenvalue weighted by atomic mass is 10.0. The van der Waals surface area contributed by atoms with Crippen LogP contribution in [0.3, 0.4) is 0 Å². The first-order valence-electron chi connectivity index (χ1n) is 3.80. The zero-order valence-corrected chi connectivity index (χ0v) is 7.32. The fourth-order valence-corrected chi connectivity index (χ4v) is 0.824. The highest BCUT2D eigenvalue weighted by Gasteiger charge is 2.14. The van der Waals surface area contributed by atoms with Crippen molar-refractivity contribution in [1.82, 2.24) is 9.55 Å². The van der Waals surface area contributed by atoms with Crippen molar-refractivity contribution >= 4 is 5.91 Å². The summed E-state index contributed by atoms with van der Waals surface area (Å²) in [5, 5.41) is 0. The number of imidazole rings is 1. The fraction of sp³-hybridized carbons (Fsp3) is 0.333. The smallest absolute Gasteiger partial charge is 0.238 e. The molecule has 12 heavy (non-hydrogen) atoms. The van der Waals surface area contributed by atoms with Gasteiger partial charge in [0.15, 0.2) is 0 Å². The number of aromatic nitrogens is 2. The molecule has 1 heterocycles. The molecule has 1 aromatic heterocycles. The first kappa shape index (κ1) is 8.71. The predicted octanol–water partition coefficient (Wildman–Crippen LogP) is 1.74. The standard InChI is InChI=1S/C9H12N2O/c1-7(2)8(3)9(12)11-5-4-10-6-11/h4-6,8H,1H2,2-3H3. The number of carbonyl (C=O) groups excluding carboxylic acids is 1. The summed E-state index contributed by atoms with van der Waals surface area (Å²) < 4.78 is 1.47. The van der Waals surface area contributed by atoms with Gasteiger partial charge < -0.3 is 0 Å². The van der Waals surface area contributed by atoms with Gasteiger partial charge in [-0.05, 0) is 13.8 Å². The molecule has 3 nitrogen and oxygen atoms in total. The minimum absolute atomic E-state index is 0.0139. The number of allylic oxidation sites excluding steroid dienone is 1. The van der Waals surface area contributed by atoms with Crippen molar-refractivity contribution in [1.29, 1.82) is 0 Å². The lowest BCUT2D eigenvalue weighted by molar-refractivity contribution is 0.0865. The Morgan fingerprint density at radius 2 is 2.33 bits per heavy atom. The summed E-state index contributed by atoms with van der Waals surface area (Å²) in [6, 6.07) is 0. The molecule has 1 aromatic rings. The molecule has 1 atom stereocenters. The minimum atomic E-state index is -0.140. The molecule has 0 saturated heterocycles. The van der Waals surface area contributed by atoms with E-state index >= 15 is 0 Å². The lowest BCUT2D eigenvalue weighted by Crippen LogP contribution is -2.18. The van der Waals surface area contributed by atoms with E-state index in [2.05, 4.69) is 11.6 Å². The molecule has 0 N–H and O–H groups in total. The SMILES string of the molecule is C=C(C)C(C)C(=O)n1ccnc1. The number of rotatable bonds is 2. The van der Waals surface area contributed by atoms with Crippen LogP contribution in [0.4, 0.5) is 0 Å². The number of nitrogens with zero attached hydrogens (tertiary/aromatic N) is 2. The monoisotopic (exact) mass is 164 g/mol. The number of carbonyl (C=O) groups is 1. The second-order valence-corrected chi connectivity index (χ2v) is 2.88. The molecule has 0 bridgehead atoms. The van der Waals surface area contributed by atoms with Crippen molar-refractivity contribution in [3.05, 3.63) is 30.9 Å². The van der Waals surface area contributed by atoms with Gasteiger partial charge in [0.1, 0.15) is 6.33 Å². The molecule has 0 aliphatic heterocycles.